The molecule has 0 saturated heterocycles. The zero-order valence-electron chi connectivity index (χ0n) is 9.13. The molecule has 1 aromatic carbocycles. The van der Waals surface area contributed by atoms with Crippen LogP contribution < -0.4 is 0 Å². The van der Waals surface area contributed by atoms with Crippen LogP contribution in [0.5, 0.6) is 0 Å². The number of rotatable bonds is 2. The van der Waals surface area contributed by atoms with Gasteiger partial charge in [-0.2, -0.15) is 0 Å². The van der Waals surface area contributed by atoms with Crippen LogP contribution in [0, 0.1) is 13.8 Å². The van der Waals surface area contributed by atoms with E-state index >= 15 is 0 Å². The standard InChI is InChI=1S/C13H12Cl2S/c1-8-7-11(9(2)16-8)13(15)10-5-3-4-6-12(10)14/h3-7,13H,1-2H3. The summed E-state index contributed by atoms with van der Waals surface area (Å²) < 4.78 is 0. The highest BCUT2D eigenvalue weighted by molar-refractivity contribution is 7.12. The van der Waals surface area contributed by atoms with Gasteiger partial charge in [0.05, 0.1) is 5.38 Å². The lowest BCUT2D eigenvalue weighted by atomic mass is 10.1. The second-order valence-corrected chi connectivity index (χ2v) is 6.06. The van der Waals surface area contributed by atoms with Crippen molar-refractivity contribution in [3.63, 3.8) is 0 Å². The molecule has 16 heavy (non-hydrogen) atoms. The summed E-state index contributed by atoms with van der Waals surface area (Å²) in [5, 5.41) is 0.574. The molecule has 2 rings (SSSR count). The van der Waals surface area contributed by atoms with Gasteiger partial charge in [0.1, 0.15) is 0 Å². The third kappa shape index (κ3) is 2.27. The van der Waals surface area contributed by atoms with Crippen LogP contribution in [0.25, 0.3) is 0 Å². The summed E-state index contributed by atoms with van der Waals surface area (Å²) >= 11 is 14.4. The molecule has 1 aromatic heterocycles. The van der Waals surface area contributed by atoms with Crippen molar-refractivity contribution in [2.75, 3.05) is 0 Å². The minimum atomic E-state index is -0.154. The first-order valence-corrected chi connectivity index (χ1v) is 6.68. The van der Waals surface area contributed by atoms with Crippen molar-refractivity contribution < 1.29 is 0 Å². The first-order valence-electron chi connectivity index (χ1n) is 5.05. The molecule has 1 atom stereocenters. The monoisotopic (exact) mass is 270 g/mol. The minimum absolute atomic E-state index is 0.154. The average molecular weight is 271 g/mol. The molecule has 0 aliphatic rings. The maximum Gasteiger partial charge on any atom is 0.0860 e. The van der Waals surface area contributed by atoms with E-state index in [0.717, 1.165) is 16.1 Å². The van der Waals surface area contributed by atoms with Gasteiger partial charge in [-0.3, -0.25) is 0 Å². The van der Waals surface area contributed by atoms with Gasteiger partial charge < -0.3 is 0 Å². The maximum absolute atomic E-state index is 6.48. The van der Waals surface area contributed by atoms with Gasteiger partial charge in [-0.1, -0.05) is 29.8 Å². The predicted molar refractivity (Wildman–Crippen MR) is 72.9 cm³/mol. The van der Waals surface area contributed by atoms with Gasteiger partial charge in [-0.05, 0) is 37.1 Å². The van der Waals surface area contributed by atoms with E-state index in [1.165, 1.54) is 9.75 Å². The molecule has 1 unspecified atom stereocenters. The largest absolute Gasteiger partial charge is 0.146 e. The molecule has 2 aromatic rings. The highest BCUT2D eigenvalue weighted by Gasteiger charge is 2.17. The molecule has 3 heteroatoms. The third-order valence-electron chi connectivity index (χ3n) is 2.53. The SMILES string of the molecule is Cc1cc(C(Cl)c2ccccc2Cl)c(C)s1. The minimum Gasteiger partial charge on any atom is -0.146 e. The molecule has 0 saturated carbocycles. The maximum atomic E-state index is 6.48. The van der Waals surface area contributed by atoms with Crippen molar-refractivity contribution >= 4 is 34.5 Å². The third-order valence-corrected chi connectivity index (χ3v) is 4.33. The summed E-state index contributed by atoms with van der Waals surface area (Å²) in [5.41, 5.74) is 2.14. The van der Waals surface area contributed by atoms with Crippen molar-refractivity contribution in [1.82, 2.24) is 0 Å². The zero-order chi connectivity index (χ0) is 11.7. The Labute approximate surface area is 110 Å². The topological polar surface area (TPSA) is 0 Å². The summed E-state index contributed by atoms with van der Waals surface area (Å²) in [6.07, 6.45) is 0. The lowest BCUT2D eigenvalue weighted by Gasteiger charge is -2.11. The van der Waals surface area contributed by atoms with Crippen LogP contribution in [0.2, 0.25) is 5.02 Å². The summed E-state index contributed by atoms with van der Waals surface area (Å²) in [5.74, 6) is 0. The van der Waals surface area contributed by atoms with E-state index in [1.54, 1.807) is 11.3 Å². The fourth-order valence-corrected chi connectivity index (χ4v) is 3.50. The molecule has 1 heterocycles. The summed E-state index contributed by atoms with van der Waals surface area (Å²) in [7, 11) is 0. The Morgan fingerprint density at radius 2 is 1.81 bits per heavy atom. The van der Waals surface area contributed by atoms with Gasteiger partial charge in [-0.15, -0.1) is 22.9 Å². The molecule has 0 bridgehead atoms. The predicted octanol–water partition coefficient (Wildman–Crippen LogP) is 5.35. The van der Waals surface area contributed by atoms with Crippen molar-refractivity contribution in [2.45, 2.75) is 19.2 Å². The van der Waals surface area contributed by atoms with Gasteiger partial charge >= 0.3 is 0 Å². The molecule has 0 N–H and O–H groups in total. The van der Waals surface area contributed by atoms with Crippen LogP contribution in [0.1, 0.15) is 26.3 Å². The first kappa shape index (κ1) is 12.0. The number of thiophene rings is 1. The zero-order valence-corrected chi connectivity index (χ0v) is 11.5. The number of hydrogen-bond donors (Lipinski definition) is 0. The Hall–Kier alpha value is -0.500. The first-order chi connectivity index (χ1) is 7.59. The Kier molecular flexibility index (Phi) is 3.58. The summed E-state index contributed by atoms with van der Waals surface area (Å²) in [6.45, 7) is 4.19. The second kappa shape index (κ2) is 4.79. The fourth-order valence-electron chi connectivity index (χ4n) is 1.75. The van der Waals surface area contributed by atoms with E-state index in [9.17, 15) is 0 Å². The van der Waals surface area contributed by atoms with Gasteiger partial charge in [0, 0.05) is 14.8 Å². The molecule has 84 valence electrons. The van der Waals surface area contributed by atoms with Gasteiger partial charge in [0.2, 0.25) is 0 Å². The molecule has 0 spiro atoms. The second-order valence-electron chi connectivity index (χ2n) is 3.75. The van der Waals surface area contributed by atoms with Crippen LogP contribution in [-0.2, 0) is 0 Å². The fraction of sp³-hybridized carbons (Fsp3) is 0.231. The number of benzene rings is 1. The van der Waals surface area contributed by atoms with Crippen molar-refractivity contribution in [2.24, 2.45) is 0 Å². The van der Waals surface area contributed by atoms with Crippen molar-refractivity contribution in [3.05, 3.63) is 56.2 Å². The molecular weight excluding hydrogens is 259 g/mol. The Balaban J connectivity index is 2.43. The summed E-state index contributed by atoms with van der Waals surface area (Å²) in [4.78, 5) is 2.54. The molecular formula is C13H12Cl2S. The molecule has 0 aliphatic carbocycles. The smallest absolute Gasteiger partial charge is 0.0860 e. The van der Waals surface area contributed by atoms with Crippen molar-refractivity contribution in [3.8, 4) is 0 Å². The lowest BCUT2D eigenvalue weighted by Crippen LogP contribution is -1.93. The van der Waals surface area contributed by atoms with Gasteiger partial charge in [-0.25, -0.2) is 0 Å². The normalized spacial score (nSPS) is 12.8. The Morgan fingerprint density at radius 3 is 2.38 bits per heavy atom. The number of aryl methyl sites for hydroxylation is 2. The average Bonchev–Trinajstić information content (AvgIpc) is 2.58. The molecule has 0 nitrogen and oxygen atoms in total. The molecule has 0 aliphatic heterocycles. The van der Waals surface area contributed by atoms with Gasteiger partial charge in [0.15, 0.2) is 0 Å². The van der Waals surface area contributed by atoms with E-state index in [4.69, 9.17) is 23.2 Å². The Bertz CT molecular complexity index is 502. The van der Waals surface area contributed by atoms with E-state index in [-0.39, 0.29) is 5.38 Å². The van der Waals surface area contributed by atoms with Crippen LogP contribution in [0.15, 0.2) is 30.3 Å². The van der Waals surface area contributed by atoms with E-state index in [0.29, 0.717) is 0 Å². The molecule has 0 fully saturated rings. The van der Waals surface area contributed by atoms with Crippen LogP contribution in [0.4, 0.5) is 0 Å². The van der Waals surface area contributed by atoms with E-state index in [2.05, 4.69) is 19.9 Å². The quantitative estimate of drug-likeness (QED) is 0.646. The summed E-state index contributed by atoms with van der Waals surface area (Å²) in [6, 6.07) is 9.88. The van der Waals surface area contributed by atoms with Gasteiger partial charge in [0.25, 0.3) is 0 Å². The van der Waals surface area contributed by atoms with Crippen molar-refractivity contribution in [1.29, 1.82) is 0 Å². The van der Waals surface area contributed by atoms with Crippen LogP contribution in [-0.4, -0.2) is 0 Å². The molecule has 0 amide bonds. The van der Waals surface area contributed by atoms with Crippen LogP contribution in [0.3, 0.4) is 0 Å². The molecule has 0 radical (unpaired) electrons. The number of hydrogen-bond acceptors (Lipinski definition) is 1. The van der Waals surface area contributed by atoms with Crippen LogP contribution >= 0.6 is 34.5 Å². The van der Waals surface area contributed by atoms with E-state index in [1.807, 2.05) is 24.3 Å². The highest BCUT2D eigenvalue weighted by Crippen LogP contribution is 2.37. The van der Waals surface area contributed by atoms with E-state index < -0.39 is 0 Å². The Morgan fingerprint density at radius 1 is 1.12 bits per heavy atom. The number of alkyl halides is 1. The number of halogens is 2. The lowest BCUT2D eigenvalue weighted by molar-refractivity contribution is 1.13. The highest BCUT2D eigenvalue weighted by atomic mass is 35.5.